The Bertz CT molecular complexity index is 1430. The van der Waals surface area contributed by atoms with E-state index in [-0.39, 0.29) is 24.8 Å². The molecule has 12 heteroatoms. The minimum Gasteiger partial charge on any atom is -0.444 e. The Labute approximate surface area is 282 Å². The molecule has 3 fully saturated rings. The van der Waals surface area contributed by atoms with Crippen LogP contribution in [0.4, 0.5) is 9.59 Å². The number of nitrogens with one attached hydrogen (secondary N) is 3. The first-order valence-electron chi connectivity index (χ1n) is 17.5. The van der Waals surface area contributed by atoms with Crippen molar-refractivity contribution in [3.8, 4) is 0 Å². The number of benzene rings is 1. The zero-order valence-electron chi connectivity index (χ0n) is 28.3. The van der Waals surface area contributed by atoms with E-state index in [0.717, 1.165) is 43.2 Å². The monoisotopic (exact) mass is 663 g/mol. The largest absolute Gasteiger partial charge is 0.444 e. The summed E-state index contributed by atoms with van der Waals surface area (Å²) in [4.78, 5) is 71.2. The molecule has 2 aliphatic carbocycles. The van der Waals surface area contributed by atoms with E-state index >= 15 is 0 Å². The van der Waals surface area contributed by atoms with Crippen LogP contribution < -0.4 is 16.0 Å². The molecule has 0 bridgehead atoms. The number of rotatable bonds is 5. The van der Waals surface area contributed by atoms with E-state index in [4.69, 9.17) is 9.47 Å². The van der Waals surface area contributed by atoms with Gasteiger partial charge in [-0.15, -0.1) is 0 Å². The Morgan fingerprint density at radius 3 is 2.44 bits per heavy atom. The third kappa shape index (κ3) is 7.95. The summed E-state index contributed by atoms with van der Waals surface area (Å²) in [6.45, 7) is 6.65. The van der Waals surface area contributed by atoms with Gasteiger partial charge in [0, 0.05) is 32.0 Å². The van der Waals surface area contributed by atoms with Crippen LogP contribution in [-0.4, -0.2) is 82.1 Å². The van der Waals surface area contributed by atoms with Crippen molar-refractivity contribution in [2.75, 3.05) is 13.1 Å². The minimum absolute atomic E-state index is 0.0137. The summed E-state index contributed by atoms with van der Waals surface area (Å²) in [5.41, 5.74) is 0.246. The molecule has 48 heavy (non-hydrogen) atoms. The maximum Gasteiger partial charge on any atom is 0.410 e. The highest BCUT2D eigenvalue weighted by molar-refractivity contribution is 5.98. The van der Waals surface area contributed by atoms with Crippen molar-refractivity contribution in [1.29, 1.82) is 0 Å². The van der Waals surface area contributed by atoms with Gasteiger partial charge in [0.2, 0.25) is 17.7 Å². The van der Waals surface area contributed by atoms with Crippen LogP contribution in [-0.2, 0) is 36.9 Å². The number of allylic oxidation sites excluding steroid dienone is 1. The molecule has 260 valence electrons. The molecule has 5 aliphatic rings. The van der Waals surface area contributed by atoms with Gasteiger partial charge >= 0.3 is 12.2 Å². The molecule has 0 radical (unpaired) electrons. The second kappa shape index (κ2) is 13.8. The Kier molecular flexibility index (Phi) is 9.71. The van der Waals surface area contributed by atoms with E-state index < -0.39 is 53.3 Å². The van der Waals surface area contributed by atoms with E-state index in [1.54, 1.807) is 25.7 Å². The third-order valence-electron chi connectivity index (χ3n) is 9.95. The third-order valence-corrected chi connectivity index (χ3v) is 9.95. The lowest BCUT2D eigenvalue weighted by atomic mass is 10.0. The molecule has 3 heterocycles. The molecular weight excluding hydrogens is 614 g/mol. The minimum atomic E-state index is -1.10. The molecule has 6 rings (SSSR count). The van der Waals surface area contributed by atoms with E-state index in [9.17, 15) is 24.0 Å². The van der Waals surface area contributed by atoms with E-state index in [0.29, 0.717) is 44.8 Å². The number of fused-ring (bicyclic) bond motifs is 3. The Morgan fingerprint density at radius 2 is 1.75 bits per heavy atom. The standard InChI is InChI=1S/C36H49N5O7/c1-35(2,3)48-33(45)38-28-14-8-6-4-5-7-13-26-18-36(26,32(44)37-19-23-15-16-23)39-30(42)29-17-27(22-41(29)31(28)43)47-34(46)40-20-24-11-9-10-12-25(24)21-40/h7,9-13,23,26-29H,4-6,8,14-22H2,1-3H3,(H,37,44)(H,38,45)(H,39,42)/t26-,27-,28+,29+,36-/m1/s1. The van der Waals surface area contributed by atoms with Crippen LogP contribution in [0.5, 0.6) is 0 Å². The second-order valence-electron chi connectivity index (χ2n) is 15.1. The van der Waals surface area contributed by atoms with Gasteiger partial charge in [-0.05, 0) is 76.3 Å². The van der Waals surface area contributed by atoms with Gasteiger partial charge in [0.15, 0.2) is 0 Å². The predicted molar refractivity (Wildman–Crippen MR) is 176 cm³/mol. The number of carbonyl (C=O) groups is 5. The first-order chi connectivity index (χ1) is 22.9. The molecule has 0 unspecified atom stereocenters. The zero-order chi connectivity index (χ0) is 34.1. The lowest BCUT2D eigenvalue weighted by Gasteiger charge is -2.30. The molecule has 1 aromatic rings. The summed E-state index contributed by atoms with van der Waals surface area (Å²) < 4.78 is 11.4. The molecule has 5 amide bonds. The number of nitrogens with zero attached hydrogens (tertiary/aromatic N) is 2. The highest BCUT2D eigenvalue weighted by Gasteiger charge is 2.61. The number of carbonyl (C=O) groups excluding carboxylic acids is 5. The predicted octanol–water partition coefficient (Wildman–Crippen LogP) is 3.92. The second-order valence-corrected chi connectivity index (χ2v) is 15.1. The van der Waals surface area contributed by atoms with Crippen LogP contribution in [0.15, 0.2) is 36.4 Å². The van der Waals surface area contributed by atoms with Crippen molar-refractivity contribution in [2.24, 2.45) is 11.8 Å². The van der Waals surface area contributed by atoms with Crippen LogP contribution >= 0.6 is 0 Å². The number of alkyl carbamates (subject to hydrolysis) is 1. The van der Waals surface area contributed by atoms with E-state index in [1.165, 1.54) is 4.90 Å². The molecule has 1 saturated heterocycles. The number of hydrogen-bond acceptors (Lipinski definition) is 7. The van der Waals surface area contributed by atoms with Gasteiger partial charge in [0.25, 0.3) is 0 Å². The van der Waals surface area contributed by atoms with Crippen LogP contribution in [0.3, 0.4) is 0 Å². The lowest BCUT2D eigenvalue weighted by Crippen LogP contribution is -2.58. The fourth-order valence-corrected chi connectivity index (χ4v) is 7.01. The molecule has 5 atom stereocenters. The maximum atomic E-state index is 14.3. The van der Waals surface area contributed by atoms with Crippen molar-refractivity contribution in [3.63, 3.8) is 0 Å². The van der Waals surface area contributed by atoms with Gasteiger partial charge in [-0.2, -0.15) is 0 Å². The van der Waals surface area contributed by atoms with Crippen molar-refractivity contribution in [3.05, 3.63) is 47.5 Å². The summed E-state index contributed by atoms with van der Waals surface area (Å²) in [5.74, 6) is -0.797. The van der Waals surface area contributed by atoms with Gasteiger partial charge in [0.05, 0.1) is 6.54 Å². The fraction of sp³-hybridized carbons (Fsp3) is 0.639. The fourth-order valence-electron chi connectivity index (χ4n) is 7.01. The topological polar surface area (TPSA) is 146 Å². The van der Waals surface area contributed by atoms with Crippen molar-refractivity contribution in [2.45, 2.75) is 121 Å². The van der Waals surface area contributed by atoms with E-state index in [1.807, 2.05) is 30.3 Å². The molecule has 2 saturated carbocycles. The lowest BCUT2D eigenvalue weighted by molar-refractivity contribution is -0.141. The number of hydrogen-bond donors (Lipinski definition) is 3. The molecule has 12 nitrogen and oxygen atoms in total. The van der Waals surface area contributed by atoms with Crippen LogP contribution in [0.1, 0.15) is 89.7 Å². The van der Waals surface area contributed by atoms with Gasteiger partial charge < -0.3 is 30.3 Å². The quantitative estimate of drug-likeness (QED) is 0.405. The molecule has 1 aromatic carbocycles. The summed E-state index contributed by atoms with van der Waals surface area (Å²) in [6.07, 6.45) is 8.40. The molecule has 0 aromatic heterocycles. The molecule has 3 aliphatic heterocycles. The maximum absolute atomic E-state index is 14.3. The Morgan fingerprint density at radius 1 is 1.02 bits per heavy atom. The van der Waals surface area contributed by atoms with Crippen LogP contribution in [0.25, 0.3) is 0 Å². The molecular formula is C36H49N5O7. The van der Waals surface area contributed by atoms with Gasteiger partial charge in [-0.25, -0.2) is 9.59 Å². The molecule has 3 N–H and O–H groups in total. The summed E-state index contributed by atoms with van der Waals surface area (Å²) >= 11 is 0. The normalized spacial score (nSPS) is 29.0. The average molecular weight is 664 g/mol. The van der Waals surface area contributed by atoms with Crippen molar-refractivity contribution in [1.82, 2.24) is 25.8 Å². The summed E-state index contributed by atoms with van der Waals surface area (Å²) in [6, 6.07) is 5.88. The molecule has 0 spiro atoms. The highest BCUT2D eigenvalue weighted by atomic mass is 16.6. The first kappa shape index (κ1) is 33.8. The highest BCUT2D eigenvalue weighted by Crippen LogP contribution is 2.46. The average Bonchev–Trinajstić information content (AvgIpc) is 3.89. The number of ether oxygens (including phenoxy) is 2. The Hall–Kier alpha value is -4.09. The van der Waals surface area contributed by atoms with Crippen LogP contribution in [0.2, 0.25) is 0 Å². The van der Waals surface area contributed by atoms with Crippen molar-refractivity contribution >= 4 is 29.9 Å². The zero-order valence-corrected chi connectivity index (χ0v) is 28.3. The van der Waals surface area contributed by atoms with Gasteiger partial charge in [-0.1, -0.05) is 49.3 Å². The van der Waals surface area contributed by atoms with E-state index in [2.05, 4.69) is 22.0 Å². The summed E-state index contributed by atoms with van der Waals surface area (Å²) in [7, 11) is 0. The first-order valence-corrected chi connectivity index (χ1v) is 17.5. The number of amides is 5. The SMILES string of the molecule is CC(C)(C)OC(=O)N[C@H]1CCCCCC=C[C@@H]2C[C@@]2(C(=O)NCC2CC2)NC(=O)[C@@H]2C[C@@H](OC(=O)N3Cc4ccccc4C3)CN2C1=O. The van der Waals surface area contributed by atoms with Crippen LogP contribution in [0, 0.1) is 11.8 Å². The summed E-state index contributed by atoms with van der Waals surface area (Å²) in [5, 5.41) is 8.84. The van der Waals surface area contributed by atoms with Gasteiger partial charge in [0.1, 0.15) is 29.3 Å². The Balaban J connectivity index is 1.22. The van der Waals surface area contributed by atoms with Gasteiger partial charge in [-0.3, -0.25) is 19.3 Å². The smallest absolute Gasteiger partial charge is 0.410 e. The van der Waals surface area contributed by atoms with Crippen molar-refractivity contribution < 1.29 is 33.4 Å².